The fourth-order valence-corrected chi connectivity index (χ4v) is 3.35. The molecular weight excluding hydrogens is 340 g/mol. The molecule has 0 spiro atoms. The molecule has 5 heteroatoms. The van der Waals surface area contributed by atoms with Crippen LogP contribution in [0.2, 0.25) is 0 Å². The van der Waals surface area contributed by atoms with Crippen LogP contribution in [0, 0.1) is 17.2 Å². The summed E-state index contributed by atoms with van der Waals surface area (Å²) < 4.78 is 11.7. The van der Waals surface area contributed by atoms with Crippen molar-refractivity contribution in [1.29, 1.82) is 5.26 Å². The van der Waals surface area contributed by atoms with Gasteiger partial charge in [0.05, 0.1) is 17.9 Å². The Kier molecular flexibility index (Phi) is 8.12. The molecule has 0 aliphatic heterocycles. The van der Waals surface area contributed by atoms with Crippen LogP contribution in [0.4, 0.5) is 5.69 Å². The molecule has 5 nitrogen and oxygen atoms in total. The van der Waals surface area contributed by atoms with Crippen LogP contribution in [-0.4, -0.2) is 24.7 Å². The molecule has 1 amide bonds. The van der Waals surface area contributed by atoms with Crippen LogP contribution in [0.5, 0.6) is 5.75 Å². The van der Waals surface area contributed by atoms with Crippen molar-refractivity contribution in [2.75, 3.05) is 18.5 Å². The second kappa shape index (κ2) is 10.3. The van der Waals surface area contributed by atoms with E-state index in [2.05, 4.69) is 25.2 Å². The maximum absolute atomic E-state index is 13.1. The van der Waals surface area contributed by atoms with E-state index in [1.165, 1.54) is 0 Å². The summed E-state index contributed by atoms with van der Waals surface area (Å²) in [4.78, 5) is 13.1. The third-order valence-corrected chi connectivity index (χ3v) is 5.20. The number of nitrogens with zero attached hydrogens (tertiary/aromatic N) is 1. The predicted octanol–water partition coefficient (Wildman–Crippen LogP) is 5.05. The minimum absolute atomic E-state index is 0.140. The van der Waals surface area contributed by atoms with Crippen molar-refractivity contribution in [3.8, 4) is 11.8 Å². The fourth-order valence-electron chi connectivity index (χ4n) is 3.35. The summed E-state index contributed by atoms with van der Waals surface area (Å²) in [6, 6.07) is 7.40. The maximum Gasteiger partial charge on any atom is 0.256 e. The number of amides is 1. The lowest BCUT2D eigenvalue weighted by Gasteiger charge is -2.38. The van der Waals surface area contributed by atoms with E-state index in [0.29, 0.717) is 36.1 Å². The second-order valence-corrected chi connectivity index (χ2v) is 7.50. The van der Waals surface area contributed by atoms with Crippen molar-refractivity contribution in [3.05, 3.63) is 23.8 Å². The first-order valence-corrected chi connectivity index (χ1v) is 10.2. The Morgan fingerprint density at radius 3 is 2.63 bits per heavy atom. The first kappa shape index (κ1) is 21.2. The average molecular weight is 373 g/mol. The van der Waals surface area contributed by atoms with Crippen LogP contribution in [0.1, 0.15) is 71.3 Å². The molecule has 1 fully saturated rings. The number of benzene rings is 1. The minimum Gasteiger partial charge on any atom is -0.494 e. The number of anilines is 1. The Hall–Kier alpha value is -2.06. The van der Waals surface area contributed by atoms with Crippen LogP contribution in [0.3, 0.4) is 0 Å². The van der Waals surface area contributed by atoms with Crippen LogP contribution in [0.25, 0.3) is 0 Å². The molecule has 1 aliphatic carbocycles. The molecule has 0 heterocycles. The quantitative estimate of drug-likeness (QED) is 0.616. The normalized spacial score (nSPS) is 22.1. The van der Waals surface area contributed by atoms with E-state index < -0.39 is 5.60 Å². The van der Waals surface area contributed by atoms with Crippen molar-refractivity contribution < 1.29 is 14.3 Å². The molecule has 1 aromatic rings. The minimum atomic E-state index is -0.786. The van der Waals surface area contributed by atoms with Gasteiger partial charge < -0.3 is 14.8 Å². The zero-order valence-electron chi connectivity index (χ0n) is 16.8. The highest BCUT2D eigenvalue weighted by Gasteiger charge is 2.42. The molecule has 1 aromatic carbocycles. The standard InChI is InChI=1S/C22H32N2O3/c1-4-6-14-26-19-7-8-20(18(15-19)16-23)24-21(25)22(27-13-5-2)11-9-17(3)10-12-22/h7-8,15,17H,4-6,9-14H2,1-3H3,(H,24,25). The summed E-state index contributed by atoms with van der Waals surface area (Å²) >= 11 is 0. The van der Waals surface area contributed by atoms with E-state index in [1.807, 2.05) is 6.92 Å². The van der Waals surface area contributed by atoms with Crippen LogP contribution in [-0.2, 0) is 9.53 Å². The van der Waals surface area contributed by atoms with Crippen molar-refractivity contribution in [2.45, 2.75) is 71.3 Å². The van der Waals surface area contributed by atoms with E-state index in [-0.39, 0.29) is 5.91 Å². The lowest BCUT2D eigenvalue weighted by Crippen LogP contribution is -2.48. The summed E-state index contributed by atoms with van der Waals surface area (Å²) in [6.07, 6.45) is 6.30. The van der Waals surface area contributed by atoms with E-state index in [9.17, 15) is 10.1 Å². The number of hydrogen-bond acceptors (Lipinski definition) is 4. The lowest BCUT2D eigenvalue weighted by atomic mass is 9.78. The molecule has 0 aromatic heterocycles. The molecule has 27 heavy (non-hydrogen) atoms. The number of carbonyl (C=O) groups is 1. The Labute approximate surface area is 163 Å². The molecule has 1 saturated carbocycles. The van der Waals surface area contributed by atoms with Gasteiger partial charge in [0.1, 0.15) is 17.4 Å². The first-order chi connectivity index (χ1) is 13.0. The van der Waals surface area contributed by atoms with Crippen LogP contribution in [0.15, 0.2) is 18.2 Å². The van der Waals surface area contributed by atoms with Gasteiger partial charge in [-0.05, 0) is 62.6 Å². The Balaban J connectivity index is 2.13. The number of carbonyl (C=O) groups excluding carboxylic acids is 1. The molecule has 148 valence electrons. The summed E-state index contributed by atoms with van der Waals surface area (Å²) in [6.45, 7) is 7.55. The van der Waals surface area contributed by atoms with Gasteiger partial charge in [-0.3, -0.25) is 4.79 Å². The van der Waals surface area contributed by atoms with Gasteiger partial charge in [-0.2, -0.15) is 5.26 Å². The number of rotatable bonds is 9. The molecule has 2 rings (SSSR count). The summed E-state index contributed by atoms with van der Waals surface area (Å²) in [5, 5.41) is 12.4. The molecule has 0 bridgehead atoms. The molecule has 0 unspecified atom stereocenters. The molecule has 1 aliphatic rings. The van der Waals surface area contributed by atoms with Crippen molar-refractivity contribution in [1.82, 2.24) is 0 Å². The third-order valence-electron chi connectivity index (χ3n) is 5.20. The van der Waals surface area contributed by atoms with Gasteiger partial charge in [0.25, 0.3) is 5.91 Å². The van der Waals surface area contributed by atoms with Crippen molar-refractivity contribution >= 4 is 11.6 Å². The molecule has 1 N–H and O–H groups in total. The fraction of sp³-hybridized carbons (Fsp3) is 0.636. The van der Waals surface area contributed by atoms with Crippen LogP contribution < -0.4 is 10.1 Å². The highest BCUT2D eigenvalue weighted by atomic mass is 16.5. The average Bonchev–Trinajstić information content (AvgIpc) is 2.69. The summed E-state index contributed by atoms with van der Waals surface area (Å²) in [5.41, 5.74) is 0.140. The van der Waals surface area contributed by atoms with Gasteiger partial charge >= 0.3 is 0 Å². The Morgan fingerprint density at radius 2 is 2.00 bits per heavy atom. The maximum atomic E-state index is 13.1. The number of nitrogens with one attached hydrogen (secondary N) is 1. The topological polar surface area (TPSA) is 71.3 Å². The zero-order valence-corrected chi connectivity index (χ0v) is 16.8. The second-order valence-electron chi connectivity index (χ2n) is 7.50. The lowest BCUT2D eigenvalue weighted by molar-refractivity contribution is -0.147. The van der Waals surface area contributed by atoms with Gasteiger partial charge in [-0.25, -0.2) is 0 Å². The largest absolute Gasteiger partial charge is 0.494 e. The molecule has 0 atom stereocenters. The van der Waals surface area contributed by atoms with E-state index in [1.54, 1.807) is 18.2 Å². The highest BCUT2D eigenvalue weighted by Crippen LogP contribution is 2.36. The number of nitriles is 1. The molecule has 0 saturated heterocycles. The van der Waals surface area contributed by atoms with Gasteiger partial charge in [0.2, 0.25) is 0 Å². The van der Waals surface area contributed by atoms with Gasteiger partial charge in [-0.1, -0.05) is 27.2 Å². The van der Waals surface area contributed by atoms with Gasteiger partial charge in [0.15, 0.2) is 0 Å². The molecular formula is C22H32N2O3. The Bertz CT molecular complexity index is 653. The van der Waals surface area contributed by atoms with E-state index >= 15 is 0 Å². The zero-order chi connectivity index (χ0) is 19.7. The predicted molar refractivity (Wildman–Crippen MR) is 107 cm³/mol. The Morgan fingerprint density at radius 1 is 1.26 bits per heavy atom. The third kappa shape index (κ3) is 5.71. The van der Waals surface area contributed by atoms with E-state index in [4.69, 9.17) is 9.47 Å². The van der Waals surface area contributed by atoms with Crippen LogP contribution >= 0.6 is 0 Å². The number of ether oxygens (including phenoxy) is 2. The first-order valence-electron chi connectivity index (χ1n) is 10.2. The molecule has 0 radical (unpaired) electrons. The summed E-state index contributed by atoms with van der Waals surface area (Å²) in [5.74, 6) is 1.13. The van der Waals surface area contributed by atoms with Crippen molar-refractivity contribution in [3.63, 3.8) is 0 Å². The summed E-state index contributed by atoms with van der Waals surface area (Å²) in [7, 11) is 0. The number of hydrogen-bond donors (Lipinski definition) is 1. The monoisotopic (exact) mass is 372 g/mol. The van der Waals surface area contributed by atoms with Gasteiger partial charge in [-0.15, -0.1) is 0 Å². The smallest absolute Gasteiger partial charge is 0.256 e. The highest BCUT2D eigenvalue weighted by molar-refractivity contribution is 5.98. The van der Waals surface area contributed by atoms with Crippen molar-refractivity contribution in [2.24, 2.45) is 5.92 Å². The van der Waals surface area contributed by atoms with E-state index in [0.717, 1.165) is 44.9 Å². The number of unbranched alkanes of at least 4 members (excludes halogenated alkanes) is 1. The SMILES string of the molecule is CCCCOc1ccc(NC(=O)C2(OCCC)CCC(C)CC2)c(C#N)c1. The van der Waals surface area contributed by atoms with Gasteiger partial charge in [0, 0.05) is 6.61 Å².